The van der Waals surface area contributed by atoms with Gasteiger partial charge in [-0.1, -0.05) is 247 Å². The zero-order valence-corrected chi connectivity index (χ0v) is 97.3. The molecule has 11 rings (SSSR count). The highest BCUT2D eigenvalue weighted by Crippen LogP contribution is 2.36. The molecule has 0 amide bonds. The molecule has 21 nitrogen and oxygen atoms in total. The van der Waals surface area contributed by atoms with Crippen molar-refractivity contribution in [2.45, 2.75) is 423 Å². The van der Waals surface area contributed by atoms with E-state index in [9.17, 15) is 41.9 Å². The Balaban J connectivity index is -0.000000709. The van der Waals surface area contributed by atoms with Crippen LogP contribution < -0.4 is 0 Å². The zero-order valence-electron chi connectivity index (χ0n) is 95.6. The lowest BCUT2D eigenvalue weighted by Crippen LogP contribution is -2.55. The molecule has 9 heterocycles. The minimum atomic E-state index is -4.20. The molecular formula is C114H203F3N10O11S2. The summed E-state index contributed by atoms with van der Waals surface area (Å²) in [5, 5.41) is 28.1. The molecule has 0 spiro atoms. The minimum Gasteiger partial charge on any atom is -0.449 e. The summed E-state index contributed by atoms with van der Waals surface area (Å²) in [6, 6.07) is 2.24. The van der Waals surface area contributed by atoms with Crippen LogP contribution >= 0.6 is 22.7 Å². The Morgan fingerprint density at radius 1 is 0.564 bits per heavy atom. The summed E-state index contributed by atoms with van der Waals surface area (Å²) in [4.78, 5) is 86.4. The SMILES string of the molecule is CC(=O)CC(C)C.CC(C)C(C)(C)C#N.CC(C)CC(=O)C(C)(C)C.CC(C)CC(=O)C1(C)COC1.CC(C)CC(=O)C1CC1.CC(C)CC(=O)CCC(F)(F)F.CC(C)CC(=O)CN1CCCC1.CC(C)CC1=NC=CC1.CC(C)CC1=NN=CC1.CC(C)CC1CC1.CC(C)Cc1ncco1.CC(C)Cc1nccs1.CC(C)Cc1nnco1.COC1(C(C)C)COC1.Cc1cnc(CC(C)C)s1. The molecule has 2 saturated carbocycles. The number of rotatable bonds is 35. The fraction of sp³-hybridized carbons (Fsp3) is 0.798. The molecule has 140 heavy (non-hydrogen) atoms. The highest BCUT2D eigenvalue weighted by atomic mass is 32.1. The molecule has 0 bridgehead atoms. The van der Waals surface area contributed by atoms with Gasteiger partial charge in [-0.25, -0.2) is 15.0 Å². The largest absolute Gasteiger partial charge is 0.449 e. The van der Waals surface area contributed by atoms with E-state index in [0.29, 0.717) is 121 Å². The number of carbonyl (C=O) groups excluding carboxylic acids is 6. The van der Waals surface area contributed by atoms with Crippen molar-refractivity contribution in [2.75, 3.05) is 53.2 Å². The van der Waals surface area contributed by atoms with Gasteiger partial charge in [0.1, 0.15) is 46.6 Å². The minimum absolute atomic E-state index is 0.0417. The first-order valence-corrected chi connectivity index (χ1v) is 54.3. The van der Waals surface area contributed by atoms with Gasteiger partial charge in [0.2, 0.25) is 12.3 Å². The summed E-state index contributed by atoms with van der Waals surface area (Å²) in [5.74, 6) is 13.6. The Morgan fingerprint density at radius 2 is 1.06 bits per heavy atom. The summed E-state index contributed by atoms with van der Waals surface area (Å²) in [5.41, 5.74) is 2.16. The lowest BCUT2D eigenvalue weighted by molar-refractivity contribution is -0.217. The summed E-state index contributed by atoms with van der Waals surface area (Å²) >= 11 is 3.55. The molecule has 0 unspecified atom stereocenters. The van der Waals surface area contributed by atoms with Crippen LogP contribution in [0.2, 0.25) is 0 Å². The number of aromatic nitrogens is 5. The molecule has 4 aromatic rings. The molecule has 5 fully saturated rings. The number of aliphatic imine (C=N–C) groups is 1. The van der Waals surface area contributed by atoms with Crippen molar-refractivity contribution >= 4 is 75.0 Å². The van der Waals surface area contributed by atoms with Gasteiger partial charge in [-0.3, -0.25) is 33.9 Å². The third kappa shape index (κ3) is 84.8. The number of oxazole rings is 1. The molecule has 0 radical (unpaired) electrons. The number of ketones is 6. The molecule has 0 N–H and O–H groups in total. The number of likely N-dealkylation sites (tertiary alicyclic amines) is 1. The lowest BCUT2D eigenvalue weighted by atomic mass is 9.80. The van der Waals surface area contributed by atoms with Crippen LogP contribution in [0.1, 0.15) is 405 Å². The third-order valence-corrected chi connectivity index (χ3v) is 23.5. The number of nitriles is 1. The fourth-order valence-corrected chi connectivity index (χ4v) is 14.7. The summed E-state index contributed by atoms with van der Waals surface area (Å²) in [6.07, 6.45) is 30.4. The van der Waals surface area contributed by atoms with Gasteiger partial charge in [0.05, 0.1) is 72.5 Å². The molecule has 0 atom stereocenters. The Morgan fingerprint density at radius 3 is 1.36 bits per heavy atom. The number of Topliss-reactive ketones (excluding diaryl/α,β-unsaturated/α-hetero) is 6. The van der Waals surface area contributed by atoms with Crippen molar-refractivity contribution in [1.82, 2.24) is 30.0 Å². The topological polar surface area (TPSA) is 285 Å². The normalized spacial score (nSPS) is 15.1. The highest BCUT2D eigenvalue weighted by Gasteiger charge is 2.42. The first-order valence-electron chi connectivity index (χ1n) is 52.6. The second-order valence-corrected chi connectivity index (χ2v) is 48.7. The van der Waals surface area contributed by atoms with E-state index in [1.54, 1.807) is 49.2 Å². The van der Waals surface area contributed by atoms with Crippen LogP contribution in [0.25, 0.3) is 0 Å². The number of thiazole rings is 2. The number of hydrogen-bond acceptors (Lipinski definition) is 23. The number of aryl methyl sites for hydroxylation is 1. The number of allylic oxidation sites excluding steroid dienone is 1. The number of methoxy groups -OCH3 is 1. The van der Waals surface area contributed by atoms with Gasteiger partial charge in [-0.15, -0.1) is 32.9 Å². The average Bonchev–Trinajstić information content (AvgIpc) is 0.998. The van der Waals surface area contributed by atoms with Crippen LogP contribution in [0.15, 0.2) is 72.9 Å². The Labute approximate surface area is 859 Å². The van der Waals surface area contributed by atoms with Crippen LogP contribution in [0.3, 0.4) is 0 Å². The number of carbonyl (C=O) groups is 6. The van der Waals surface area contributed by atoms with E-state index in [0.717, 1.165) is 151 Å². The van der Waals surface area contributed by atoms with E-state index in [2.05, 4.69) is 244 Å². The van der Waals surface area contributed by atoms with Gasteiger partial charge >= 0.3 is 6.18 Å². The van der Waals surface area contributed by atoms with Crippen molar-refractivity contribution in [3.63, 3.8) is 0 Å². The number of nitrogens with zero attached hydrogens (tertiary/aromatic N) is 10. The van der Waals surface area contributed by atoms with Crippen LogP contribution in [0, 0.1) is 135 Å². The van der Waals surface area contributed by atoms with Crippen LogP contribution in [0.5, 0.6) is 0 Å². The summed E-state index contributed by atoms with van der Waals surface area (Å²) in [7, 11) is 1.75. The maximum atomic E-state index is 11.6. The summed E-state index contributed by atoms with van der Waals surface area (Å²) in [6.45, 7) is 84.9. The maximum Gasteiger partial charge on any atom is 0.389 e. The molecule has 7 aliphatic rings. The molecule has 2 aliphatic carbocycles. The molecule has 4 aromatic heterocycles. The van der Waals surface area contributed by atoms with E-state index in [-0.39, 0.29) is 52.2 Å². The van der Waals surface area contributed by atoms with Crippen molar-refractivity contribution in [3.05, 3.63) is 75.6 Å². The number of alkyl halides is 3. The molecule has 0 aromatic carbocycles. The maximum absolute atomic E-state index is 11.6. The number of ether oxygens (including phenoxy) is 3. The molecule has 5 aliphatic heterocycles. The third-order valence-electron chi connectivity index (χ3n) is 21.8. The predicted molar refractivity (Wildman–Crippen MR) is 581 cm³/mol. The van der Waals surface area contributed by atoms with Crippen molar-refractivity contribution < 1.29 is 65.0 Å². The fourth-order valence-electron chi connectivity index (χ4n) is 12.9. The van der Waals surface area contributed by atoms with E-state index in [1.165, 1.54) is 64.8 Å². The number of halogens is 3. The van der Waals surface area contributed by atoms with Gasteiger partial charge in [0.15, 0.2) is 5.89 Å². The molecule has 3 saturated heterocycles. The first-order chi connectivity index (χ1) is 64.8. The van der Waals surface area contributed by atoms with Crippen molar-refractivity contribution in [1.29, 1.82) is 5.26 Å². The van der Waals surface area contributed by atoms with Gasteiger partial charge in [-0.05, 0) is 187 Å². The Kier molecular flexibility index (Phi) is 77.8. The zero-order chi connectivity index (χ0) is 108. The van der Waals surface area contributed by atoms with Crippen molar-refractivity contribution in [3.8, 4) is 6.07 Å². The van der Waals surface area contributed by atoms with E-state index < -0.39 is 12.6 Å². The average molecular weight is 2010 g/mol. The predicted octanol–water partition coefficient (Wildman–Crippen LogP) is 30.6. The molecule has 26 heteroatoms. The lowest BCUT2D eigenvalue weighted by Gasteiger charge is -2.43. The Hall–Kier alpha value is -6.50. The first kappa shape index (κ1) is 140. The van der Waals surface area contributed by atoms with Crippen LogP contribution in [0.4, 0.5) is 13.2 Å². The van der Waals surface area contributed by atoms with E-state index in [4.69, 9.17) is 28.3 Å². The van der Waals surface area contributed by atoms with Crippen LogP contribution in [-0.2, 0) is 68.7 Å². The second kappa shape index (κ2) is 77.9. The van der Waals surface area contributed by atoms with E-state index >= 15 is 0 Å². The summed E-state index contributed by atoms with van der Waals surface area (Å²) < 4.78 is 60.2. The molecular weight excluding hydrogens is 1810 g/mol. The van der Waals surface area contributed by atoms with Gasteiger partial charge in [0.25, 0.3) is 0 Å². The highest BCUT2D eigenvalue weighted by molar-refractivity contribution is 7.11. The van der Waals surface area contributed by atoms with Crippen LogP contribution in [-0.4, -0.2) is 147 Å². The monoisotopic (exact) mass is 2010 g/mol. The standard InChI is InChI=1S/C10H19NO.C9H16O2.C9H18O.C8H13F3O.C8H13NS.C8H13N.C8H14O.C7H12N2.C7H11NO.C7H11NS.C7H13N.C7H14O2.C7H14.C6H10N2O.C6H12O/c1-9(2)7-10(12)8-11-5-3-4-6-11;1-7(2)4-8(10)9(3)5-11-6-9;1-7(2)6-8(10)9(3,4)5;1-6(2)5-7(12)3-4-8(9,10)11;1-6(2)4-8-9-5-7(3)10-8;1-7(2)6-8-4-3-5-9-8;1-6(2)5-8(9)7-3-4-7;1-6(2)5-7-3-4-8-9-7;2*1-6(2)5-7-8-3-4-9-7;1-6(2)7(3,4)5-8;1-6(2)7(8-3)4-9-5-7;1-6(2)5-7-3-4-7;1-5(2)3-6-8-7-4-9-6;1-5(2)4-6(3)7/h9H,3-8H2,1-2H3;7H,4-6H2,1-3H3;7H,6H2,1-5H3;6H,3-5H2,1-2H3;5-6H,4H2,1-3H3;3,5,7H,4,6H2,1-2H3;6-7H,3-5H2,1-2H3;4,6H,3,5H2,1-2H3;2*3-4,6H,5H2,1-2H3;6H,1-4H3;6H,4-5H2,1-3H3;6-7H,3-5H2,1-2H3;4-5H,3H2,1-2H3;5H,4H2,1-3H3. The van der Waals surface area contributed by atoms with Gasteiger partial charge < -0.3 is 27.8 Å². The Bertz CT molecular complexity index is 3810. The number of hydrogen-bond donors (Lipinski definition) is 0. The van der Waals surface area contributed by atoms with Crippen molar-refractivity contribution in [2.24, 2.45) is 132 Å². The molecule has 808 valence electrons. The van der Waals surface area contributed by atoms with E-state index in [1.807, 2.05) is 99.4 Å². The van der Waals surface area contributed by atoms with Gasteiger partial charge in [0, 0.05) is 148 Å². The van der Waals surface area contributed by atoms with Gasteiger partial charge in [-0.2, -0.15) is 28.6 Å². The quantitative estimate of drug-likeness (QED) is 0.0413. The smallest absolute Gasteiger partial charge is 0.389 e. The second-order valence-electron chi connectivity index (χ2n) is 46.4.